The van der Waals surface area contributed by atoms with E-state index in [-0.39, 0.29) is 5.97 Å². The van der Waals surface area contributed by atoms with Crippen LogP contribution >= 0.6 is 0 Å². The summed E-state index contributed by atoms with van der Waals surface area (Å²) < 4.78 is 6.50. The normalized spacial score (nSPS) is 21.7. The Kier molecular flexibility index (Phi) is 3.51. The fourth-order valence-electron chi connectivity index (χ4n) is 3.43. The summed E-state index contributed by atoms with van der Waals surface area (Å²) in [6.45, 7) is 6.51. The molecule has 2 aromatic heterocycles. The van der Waals surface area contributed by atoms with E-state index in [2.05, 4.69) is 20.0 Å². The number of carbonyl (C=O) groups is 1. The van der Waals surface area contributed by atoms with Gasteiger partial charge in [0, 0.05) is 36.7 Å². The van der Waals surface area contributed by atoms with Crippen LogP contribution in [0.5, 0.6) is 0 Å². The van der Waals surface area contributed by atoms with Crippen LogP contribution in [-0.4, -0.2) is 45.9 Å². The first-order valence-electron chi connectivity index (χ1n) is 8.25. The summed E-state index contributed by atoms with van der Waals surface area (Å²) in [7, 11) is 1.37. The Labute approximate surface area is 140 Å². The molecule has 24 heavy (non-hydrogen) atoms. The lowest BCUT2D eigenvalue weighted by Crippen LogP contribution is -2.24. The summed E-state index contributed by atoms with van der Waals surface area (Å²) in [4.78, 5) is 23.2. The van der Waals surface area contributed by atoms with Crippen LogP contribution in [0.4, 0.5) is 5.95 Å². The maximum atomic E-state index is 11.7. The van der Waals surface area contributed by atoms with Gasteiger partial charge < -0.3 is 9.64 Å². The van der Waals surface area contributed by atoms with Crippen LogP contribution < -0.4 is 4.90 Å². The number of hydrogen-bond acceptors (Lipinski definition) is 6. The number of nitrogens with zero attached hydrogens (tertiary/aromatic N) is 5. The molecule has 0 spiro atoms. The van der Waals surface area contributed by atoms with Gasteiger partial charge in [0.05, 0.1) is 19.3 Å². The van der Waals surface area contributed by atoms with Gasteiger partial charge in [-0.15, -0.1) is 0 Å². The molecule has 7 nitrogen and oxygen atoms in total. The lowest BCUT2D eigenvalue weighted by Gasteiger charge is -2.18. The van der Waals surface area contributed by atoms with Crippen LogP contribution in [0, 0.1) is 25.7 Å². The summed E-state index contributed by atoms with van der Waals surface area (Å²) in [6.07, 6.45) is 4.95. The van der Waals surface area contributed by atoms with E-state index in [1.54, 1.807) is 17.8 Å². The number of piperidine rings is 1. The van der Waals surface area contributed by atoms with Crippen molar-refractivity contribution in [1.82, 2.24) is 19.7 Å². The van der Waals surface area contributed by atoms with Crippen molar-refractivity contribution >= 4 is 11.9 Å². The summed E-state index contributed by atoms with van der Waals surface area (Å²) in [5.74, 6) is 2.18. The average Bonchev–Trinajstić information content (AvgIpc) is 3.00. The summed E-state index contributed by atoms with van der Waals surface area (Å²) in [5, 5.41) is 4.38. The third kappa shape index (κ3) is 2.64. The molecular weight excluding hydrogens is 306 g/mol. The highest BCUT2D eigenvalue weighted by atomic mass is 16.5. The molecule has 126 valence electrons. The third-order valence-corrected chi connectivity index (χ3v) is 5.01. The van der Waals surface area contributed by atoms with Crippen molar-refractivity contribution in [2.24, 2.45) is 11.8 Å². The number of anilines is 1. The van der Waals surface area contributed by atoms with Crippen LogP contribution in [0.25, 0.3) is 0 Å². The maximum absolute atomic E-state index is 11.7. The average molecular weight is 327 g/mol. The minimum absolute atomic E-state index is 0.366. The minimum Gasteiger partial charge on any atom is -0.465 e. The molecule has 3 heterocycles. The Balaban J connectivity index is 1.51. The van der Waals surface area contributed by atoms with Crippen LogP contribution in [0.15, 0.2) is 12.4 Å². The second kappa shape index (κ2) is 5.58. The molecule has 0 aromatic carbocycles. The molecule has 2 atom stereocenters. The summed E-state index contributed by atoms with van der Waals surface area (Å²) in [6, 6.07) is 0. The Bertz CT molecular complexity index is 790. The van der Waals surface area contributed by atoms with Crippen LogP contribution in [-0.2, 0) is 11.3 Å². The van der Waals surface area contributed by atoms with Gasteiger partial charge in [0.2, 0.25) is 5.95 Å². The zero-order chi connectivity index (χ0) is 16.8. The molecule has 2 aromatic rings. The predicted octanol–water partition coefficient (Wildman–Crippen LogP) is 1.58. The number of esters is 1. The zero-order valence-corrected chi connectivity index (χ0v) is 14.2. The van der Waals surface area contributed by atoms with Gasteiger partial charge in [0.25, 0.3) is 0 Å². The number of carbonyl (C=O) groups excluding carboxylic acids is 1. The Morgan fingerprint density at radius 2 is 2.04 bits per heavy atom. The van der Waals surface area contributed by atoms with Gasteiger partial charge in [-0.25, -0.2) is 14.8 Å². The predicted molar refractivity (Wildman–Crippen MR) is 88.0 cm³/mol. The van der Waals surface area contributed by atoms with Crippen LogP contribution in [0.1, 0.15) is 33.7 Å². The van der Waals surface area contributed by atoms with E-state index in [0.717, 1.165) is 42.1 Å². The van der Waals surface area contributed by atoms with Gasteiger partial charge in [-0.1, -0.05) is 0 Å². The second-order valence-electron chi connectivity index (χ2n) is 6.76. The molecule has 0 bridgehead atoms. The van der Waals surface area contributed by atoms with Crippen molar-refractivity contribution in [3.8, 4) is 0 Å². The largest absolute Gasteiger partial charge is 0.465 e. The number of ether oxygens (including phenoxy) is 1. The summed E-state index contributed by atoms with van der Waals surface area (Å²) in [5.41, 5.74) is 3.10. The van der Waals surface area contributed by atoms with Gasteiger partial charge >= 0.3 is 5.97 Å². The Hall–Kier alpha value is -2.44. The first-order chi connectivity index (χ1) is 11.5. The highest BCUT2D eigenvalue weighted by molar-refractivity contribution is 5.90. The molecule has 0 amide bonds. The lowest BCUT2D eigenvalue weighted by atomic mass is 10.2. The van der Waals surface area contributed by atoms with Gasteiger partial charge in [-0.2, -0.15) is 5.10 Å². The molecule has 2 aliphatic rings. The van der Waals surface area contributed by atoms with Crippen molar-refractivity contribution in [3.63, 3.8) is 0 Å². The smallest absolute Gasteiger partial charge is 0.341 e. The second-order valence-corrected chi connectivity index (χ2v) is 6.76. The van der Waals surface area contributed by atoms with E-state index >= 15 is 0 Å². The van der Waals surface area contributed by atoms with Crippen LogP contribution in [0.2, 0.25) is 0 Å². The summed E-state index contributed by atoms with van der Waals surface area (Å²) >= 11 is 0. The number of fused-ring (bicyclic) bond motifs is 1. The molecule has 1 saturated heterocycles. The van der Waals surface area contributed by atoms with E-state index in [4.69, 9.17) is 4.74 Å². The van der Waals surface area contributed by atoms with Crippen molar-refractivity contribution in [3.05, 3.63) is 34.9 Å². The molecule has 4 rings (SSSR count). The quantitative estimate of drug-likeness (QED) is 0.794. The minimum atomic E-state index is -0.366. The monoisotopic (exact) mass is 327 g/mol. The molecular formula is C17H21N5O2. The molecule has 1 aliphatic heterocycles. The third-order valence-electron chi connectivity index (χ3n) is 5.01. The fraction of sp³-hybridized carbons (Fsp3) is 0.529. The van der Waals surface area contributed by atoms with Crippen molar-refractivity contribution in [2.75, 3.05) is 25.1 Å². The fourth-order valence-corrected chi connectivity index (χ4v) is 3.43. The van der Waals surface area contributed by atoms with Gasteiger partial charge in [-0.05, 0) is 32.1 Å². The highest BCUT2D eigenvalue weighted by Crippen LogP contribution is 2.45. The van der Waals surface area contributed by atoms with Crippen LogP contribution in [0.3, 0.4) is 0 Å². The number of methoxy groups -OCH3 is 1. The molecule has 1 aliphatic carbocycles. The first kappa shape index (κ1) is 15.1. The van der Waals surface area contributed by atoms with Gasteiger partial charge in [-0.3, -0.25) is 4.68 Å². The molecule has 2 fully saturated rings. The van der Waals surface area contributed by atoms with E-state index in [9.17, 15) is 4.79 Å². The van der Waals surface area contributed by atoms with E-state index in [1.165, 1.54) is 13.5 Å². The number of aromatic nitrogens is 4. The standard InChI is InChI=1S/C17H21N5O2/c1-10-14(8-22-9-15(11(2)20-22)16(23)24-3)5-18-17(19-10)21-6-12-4-13(12)7-21/h5,9,12-13H,4,6-8H2,1-3H3. The lowest BCUT2D eigenvalue weighted by molar-refractivity contribution is 0.0600. The molecule has 2 unspecified atom stereocenters. The van der Waals surface area contributed by atoms with Crippen molar-refractivity contribution in [2.45, 2.75) is 26.8 Å². The number of aryl methyl sites for hydroxylation is 2. The SMILES string of the molecule is COC(=O)c1cn(Cc2cnc(N3CC4CC4C3)nc2C)nc1C. The Morgan fingerprint density at radius 1 is 1.29 bits per heavy atom. The topological polar surface area (TPSA) is 73.1 Å². The maximum Gasteiger partial charge on any atom is 0.341 e. The Morgan fingerprint density at radius 3 is 2.71 bits per heavy atom. The van der Waals surface area contributed by atoms with E-state index < -0.39 is 0 Å². The molecule has 0 N–H and O–H groups in total. The zero-order valence-electron chi connectivity index (χ0n) is 14.2. The van der Waals surface area contributed by atoms with E-state index in [1.807, 2.05) is 13.1 Å². The first-order valence-corrected chi connectivity index (χ1v) is 8.25. The molecule has 0 radical (unpaired) electrons. The highest BCUT2D eigenvalue weighted by Gasteiger charge is 2.45. The molecule has 7 heteroatoms. The van der Waals surface area contributed by atoms with Gasteiger partial charge in [0.15, 0.2) is 0 Å². The van der Waals surface area contributed by atoms with Gasteiger partial charge in [0.1, 0.15) is 5.56 Å². The number of hydrogen-bond donors (Lipinski definition) is 0. The van der Waals surface area contributed by atoms with Crippen molar-refractivity contribution < 1.29 is 9.53 Å². The van der Waals surface area contributed by atoms with E-state index in [0.29, 0.717) is 17.8 Å². The molecule has 1 saturated carbocycles. The number of rotatable bonds is 4. The van der Waals surface area contributed by atoms with Crippen molar-refractivity contribution in [1.29, 1.82) is 0 Å².